The summed E-state index contributed by atoms with van der Waals surface area (Å²) in [7, 11) is 1.73. The van der Waals surface area contributed by atoms with Crippen LogP contribution in [0.2, 0.25) is 0 Å². The lowest BCUT2D eigenvalue weighted by molar-refractivity contribution is 0.0997. The number of hydrogen-bond acceptors (Lipinski definition) is 6. The van der Waals surface area contributed by atoms with Crippen molar-refractivity contribution in [3.8, 4) is 11.4 Å². The number of fused-ring (bicyclic) bond motifs is 1. The molecule has 0 aliphatic heterocycles. The van der Waals surface area contributed by atoms with Gasteiger partial charge in [0, 0.05) is 24.4 Å². The molecule has 0 aliphatic carbocycles. The lowest BCUT2D eigenvalue weighted by Crippen LogP contribution is -2.15. The molecule has 0 saturated carbocycles. The van der Waals surface area contributed by atoms with Crippen molar-refractivity contribution in [2.75, 3.05) is 5.32 Å². The van der Waals surface area contributed by atoms with Crippen LogP contribution in [0.4, 0.5) is 5.69 Å². The van der Waals surface area contributed by atoms with Gasteiger partial charge in [-0.2, -0.15) is 0 Å². The number of tetrazole rings is 1. The van der Waals surface area contributed by atoms with Crippen LogP contribution in [-0.2, 0) is 7.05 Å². The molecule has 0 radical (unpaired) electrons. The Hall–Kier alpha value is -3.81. The van der Waals surface area contributed by atoms with Crippen molar-refractivity contribution >= 4 is 22.6 Å². The van der Waals surface area contributed by atoms with E-state index in [0.717, 1.165) is 5.56 Å². The molecule has 1 amide bonds. The molecule has 0 atom stereocenters. The first-order chi connectivity index (χ1) is 12.6. The maximum Gasteiger partial charge on any atom is 0.291 e. The zero-order valence-electron chi connectivity index (χ0n) is 13.7. The molecular weight excluding hydrogens is 334 g/mol. The molecule has 1 N–H and O–H groups in total. The summed E-state index contributed by atoms with van der Waals surface area (Å²) in [4.78, 5) is 24.6. The first-order valence-electron chi connectivity index (χ1n) is 7.79. The van der Waals surface area contributed by atoms with Crippen LogP contribution in [0, 0.1) is 0 Å². The fourth-order valence-electron chi connectivity index (χ4n) is 2.62. The molecule has 0 fully saturated rings. The third kappa shape index (κ3) is 2.84. The molecule has 128 valence electrons. The van der Waals surface area contributed by atoms with Gasteiger partial charge in [-0.1, -0.05) is 24.3 Å². The Morgan fingerprint density at radius 3 is 2.77 bits per heavy atom. The van der Waals surface area contributed by atoms with Crippen molar-refractivity contribution in [2.24, 2.45) is 7.05 Å². The standard InChI is InChI=1S/C18H13N5O3/c1-23-17(20-21-22-23)11-5-4-6-12(9-11)19-18(25)16-10-14(24)13-7-2-3-8-15(13)26-16/h2-10H,1H3,(H,19,25). The zero-order valence-corrected chi connectivity index (χ0v) is 13.7. The molecule has 8 heteroatoms. The van der Waals surface area contributed by atoms with E-state index in [1.807, 2.05) is 6.07 Å². The van der Waals surface area contributed by atoms with Crippen LogP contribution in [0.5, 0.6) is 0 Å². The number of rotatable bonds is 3. The Labute approximate surface area is 147 Å². The minimum atomic E-state index is -0.513. The van der Waals surface area contributed by atoms with E-state index in [-0.39, 0.29) is 11.2 Å². The van der Waals surface area contributed by atoms with E-state index in [9.17, 15) is 9.59 Å². The van der Waals surface area contributed by atoms with Gasteiger partial charge in [0.25, 0.3) is 5.91 Å². The van der Waals surface area contributed by atoms with E-state index in [1.165, 1.54) is 10.7 Å². The number of aromatic nitrogens is 4. The van der Waals surface area contributed by atoms with Crippen molar-refractivity contribution in [1.82, 2.24) is 20.2 Å². The molecule has 4 rings (SSSR count). The summed E-state index contributed by atoms with van der Waals surface area (Å²) >= 11 is 0. The average molecular weight is 347 g/mol. The number of nitrogens with zero attached hydrogens (tertiary/aromatic N) is 4. The van der Waals surface area contributed by atoms with Crippen molar-refractivity contribution in [3.05, 3.63) is 70.6 Å². The second-order valence-electron chi connectivity index (χ2n) is 5.63. The fourth-order valence-corrected chi connectivity index (χ4v) is 2.62. The highest BCUT2D eigenvalue weighted by atomic mass is 16.3. The molecule has 2 aromatic carbocycles. The first-order valence-corrected chi connectivity index (χ1v) is 7.79. The highest BCUT2D eigenvalue weighted by Crippen LogP contribution is 2.20. The Balaban J connectivity index is 1.65. The number of anilines is 1. The van der Waals surface area contributed by atoms with Crippen LogP contribution in [0.3, 0.4) is 0 Å². The number of benzene rings is 2. The number of carbonyl (C=O) groups excluding carboxylic acids is 1. The minimum Gasteiger partial charge on any atom is -0.451 e. The van der Waals surface area contributed by atoms with Gasteiger partial charge in [-0.25, -0.2) is 4.68 Å². The van der Waals surface area contributed by atoms with Crippen molar-refractivity contribution in [1.29, 1.82) is 0 Å². The van der Waals surface area contributed by atoms with Crippen LogP contribution < -0.4 is 10.7 Å². The highest BCUT2D eigenvalue weighted by Gasteiger charge is 2.13. The van der Waals surface area contributed by atoms with Crippen molar-refractivity contribution in [3.63, 3.8) is 0 Å². The Morgan fingerprint density at radius 2 is 1.96 bits per heavy atom. The SMILES string of the molecule is Cn1nnnc1-c1cccc(NC(=O)c2cc(=O)c3ccccc3o2)c1. The number of para-hydroxylation sites is 1. The second-order valence-corrected chi connectivity index (χ2v) is 5.63. The van der Waals surface area contributed by atoms with Crippen LogP contribution in [-0.4, -0.2) is 26.1 Å². The van der Waals surface area contributed by atoms with E-state index < -0.39 is 5.91 Å². The monoisotopic (exact) mass is 347 g/mol. The molecule has 0 spiro atoms. The lowest BCUT2D eigenvalue weighted by atomic mass is 10.2. The molecule has 0 unspecified atom stereocenters. The van der Waals surface area contributed by atoms with E-state index in [0.29, 0.717) is 22.5 Å². The predicted octanol–water partition coefficient (Wildman–Crippen LogP) is 2.24. The molecule has 4 aromatic rings. The first kappa shape index (κ1) is 15.7. The van der Waals surface area contributed by atoms with E-state index >= 15 is 0 Å². The third-order valence-electron chi connectivity index (χ3n) is 3.86. The Morgan fingerprint density at radius 1 is 1.12 bits per heavy atom. The number of carbonyl (C=O) groups is 1. The number of aryl methyl sites for hydroxylation is 1. The maximum atomic E-state index is 12.5. The topological polar surface area (TPSA) is 103 Å². The molecule has 0 bridgehead atoms. The smallest absolute Gasteiger partial charge is 0.291 e. The van der Waals surface area contributed by atoms with Gasteiger partial charge < -0.3 is 9.73 Å². The molecule has 26 heavy (non-hydrogen) atoms. The molecular formula is C18H13N5O3. The largest absolute Gasteiger partial charge is 0.451 e. The lowest BCUT2D eigenvalue weighted by Gasteiger charge is -2.07. The minimum absolute atomic E-state index is 0.0561. The summed E-state index contributed by atoms with van der Waals surface area (Å²) < 4.78 is 7.08. The second kappa shape index (κ2) is 6.25. The summed E-state index contributed by atoms with van der Waals surface area (Å²) in [6.07, 6.45) is 0. The van der Waals surface area contributed by atoms with Gasteiger partial charge >= 0.3 is 0 Å². The highest BCUT2D eigenvalue weighted by molar-refractivity contribution is 6.03. The number of nitrogens with one attached hydrogen (secondary N) is 1. The fraction of sp³-hybridized carbons (Fsp3) is 0.0556. The van der Waals surface area contributed by atoms with Crippen LogP contribution in [0.1, 0.15) is 10.6 Å². The summed E-state index contributed by atoms with van der Waals surface area (Å²) in [5.41, 5.74) is 1.38. The van der Waals surface area contributed by atoms with Crippen LogP contribution in [0.25, 0.3) is 22.4 Å². The van der Waals surface area contributed by atoms with Crippen molar-refractivity contribution < 1.29 is 9.21 Å². The molecule has 0 aliphatic rings. The Bertz CT molecular complexity index is 1180. The van der Waals surface area contributed by atoms with Gasteiger partial charge in [0.05, 0.1) is 5.39 Å². The molecule has 2 aromatic heterocycles. The molecule has 0 saturated heterocycles. The Kier molecular flexibility index (Phi) is 3.77. The molecule has 2 heterocycles. The van der Waals surface area contributed by atoms with Gasteiger partial charge in [-0.15, -0.1) is 5.10 Å². The van der Waals surface area contributed by atoms with Gasteiger partial charge in [-0.3, -0.25) is 9.59 Å². The average Bonchev–Trinajstić information content (AvgIpc) is 3.08. The predicted molar refractivity (Wildman–Crippen MR) is 94.7 cm³/mol. The normalized spacial score (nSPS) is 10.8. The zero-order chi connectivity index (χ0) is 18.1. The third-order valence-corrected chi connectivity index (χ3v) is 3.86. The number of amides is 1. The summed E-state index contributed by atoms with van der Waals surface area (Å²) in [5.74, 6) is -0.00106. The van der Waals surface area contributed by atoms with Gasteiger partial charge in [0.2, 0.25) is 0 Å². The quantitative estimate of drug-likeness (QED) is 0.610. The van der Waals surface area contributed by atoms with Crippen LogP contribution >= 0.6 is 0 Å². The number of hydrogen-bond donors (Lipinski definition) is 1. The van der Waals surface area contributed by atoms with Gasteiger partial charge in [0.1, 0.15) is 5.58 Å². The molecule has 8 nitrogen and oxygen atoms in total. The van der Waals surface area contributed by atoms with E-state index in [1.54, 1.807) is 49.5 Å². The summed E-state index contributed by atoms with van der Waals surface area (Å²) in [6.45, 7) is 0. The van der Waals surface area contributed by atoms with Crippen LogP contribution in [0.15, 0.2) is 63.8 Å². The summed E-state index contributed by atoms with van der Waals surface area (Å²) in [5, 5.41) is 14.5. The van der Waals surface area contributed by atoms with E-state index in [4.69, 9.17) is 4.42 Å². The maximum absolute atomic E-state index is 12.5. The van der Waals surface area contributed by atoms with Gasteiger partial charge in [-0.05, 0) is 34.7 Å². The van der Waals surface area contributed by atoms with Crippen molar-refractivity contribution in [2.45, 2.75) is 0 Å². The van der Waals surface area contributed by atoms with E-state index in [2.05, 4.69) is 20.8 Å². The summed E-state index contributed by atoms with van der Waals surface area (Å²) in [6, 6.07) is 15.0. The van der Waals surface area contributed by atoms with Gasteiger partial charge in [0.15, 0.2) is 17.0 Å².